The van der Waals surface area contributed by atoms with Crippen molar-refractivity contribution in [2.75, 3.05) is 56.5 Å². The molecule has 12 nitrogen and oxygen atoms in total. The Morgan fingerprint density at radius 3 is 2.38 bits per heavy atom. The summed E-state index contributed by atoms with van der Waals surface area (Å²) in [5.41, 5.74) is 4.87. The molecule has 13 heteroatoms. The van der Waals surface area contributed by atoms with E-state index < -0.39 is 6.10 Å². The van der Waals surface area contributed by atoms with Gasteiger partial charge in [-0.3, -0.25) is 24.5 Å². The Morgan fingerprint density at radius 1 is 0.981 bits per heavy atom. The molecule has 1 spiro atoms. The van der Waals surface area contributed by atoms with E-state index in [1.54, 1.807) is 13.2 Å². The molecular formula is C39H48BrN7O5. The van der Waals surface area contributed by atoms with E-state index in [1.165, 1.54) is 10.2 Å². The van der Waals surface area contributed by atoms with Crippen LogP contribution in [0.3, 0.4) is 0 Å². The molecule has 5 heterocycles. The van der Waals surface area contributed by atoms with Crippen molar-refractivity contribution in [2.45, 2.75) is 69.9 Å². The lowest BCUT2D eigenvalue weighted by atomic mass is 9.71. The number of aryl methyl sites for hydroxylation is 2. The molecule has 52 heavy (non-hydrogen) atoms. The Hall–Kier alpha value is -4.23. The number of imide groups is 1. The third kappa shape index (κ3) is 7.75. The first-order valence-electron chi connectivity index (χ1n) is 18.4. The van der Waals surface area contributed by atoms with Crippen LogP contribution in [0.1, 0.15) is 72.3 Å². The van der Waals surface area contributed by atoms with Gasteiger partial charge in [0.25, 0.3) is 17.4 Å². The van der Waals surface area contributed by atoms with Crippen LogP contribution >= 0.6 is 15.9 Å². The molecule has 4 fully saturated rings. The van der Waals surface area contributed by atoms with Gasteiger partial charge in [0, 0.05) is 76.5 Å². The fraction of sp³-hybridized carbons (Fsp3) is 0.513. The van der Waals surface area contributed by atoms with Gasteiger partial charge in [0.15, 0.2) is 6.10 Å². The number of carbonyl (C=O) groups is 3. The number of rotatable bonds is 7. The number of likely N-dealkylation sites (tertiary alicyclic amines) is 2. The average molecular weight is 775 g/mol. The predicted molar refractivity (Wildman–Crippen MR) is 203 cm³/mol. The number of carbonyl (C=O) groups excluding carboxylic acids is 3. The summed E-state index contributed by atoms with van der Waals surface area (Å²) in [5, 5.41) is 10.0. The van der Waals surface area contributed by atoms with Gasteiger partial charge >= 0.3 is 0 Å². The summed E-state index contributed by atoms with van der Waals surface area (Å²) in [5.74, 6) is 0.461. The van der Waals surface area contributed by atoms with Crippen LogP contribution in [0.25, 0.3) is 0 Å². The van der Waals surface area contributed by atoms with Crippen LogP contribution in [0, 0.1) is 12.3 Å². The molecule has 276 valence electrons. The highest BCUT2D eigenvalue weighted by atomic mass is 79.9. The predicted octanol–water partition coefficient (Wildman–Crippen LogP) is 4.46. The topological polar surface area (TPSA) is 129 Å². The van der Waals surface area contributed by atoms with Gasteiger partial charge in [-0.2, -0.15) is 5.10 Å². The number of hydrogen-bond acceptors (Lipinski definition) is 9. The molecule has 2 N–H and O–H groups in total. The van der Waals surface area contributed by atoms with E-state index in [9.17, 15) is 19.2 Å². The zero-order valence-electron chi connectivity index (χ0n) is 30.2. The molecule has 0 saturated carbocycles. The molecule has 3 aromatic rings. The molecule has 7 rings (SSSR count). The van der Waals surface area contributed by atoms with E-state index in [4.69, 9.17) is 4.74 Å². The summed E-state index contributed by atoms with van der Waals surface area (Å²) in [6.45, 7) is 7.27. The second-order valence-electron chi connectivity index (χ2n) is 15.2. The lowest BCUT2D eigenvalue weighted by molar-refractivity contribution is -0.138. The Morgan fingerprint density at radius 2 is 1.69 bits per heavy atom. The smallest absolute Gasteiger partial charge is 0.282 e. The maximum absolute atomic E-state index is 13.6. The highest BCUT2D eigenvalue weighted by Crippen LogP contribution is 2.43. The quantitative estimate of drug-likeness (QED) is 0.335. The molecular weight excluding hydrogens is 726 g/mol. The minimum atomic E-state index is -0.642. The van der Waals surface area contributed by atoms with E-state index in [1.807, 2.05) is 30.0 Å². The Labute approximate surface area is 313 Å². The van der Waals surface area contributed by atoms with Gasteiger partial charge < -0.3 is 24.8 Å². The number of nitrogens with zero attached hydrogens (tertiary/aromatic N) is 5. The lowest BCUT2D eigenvalue weighted by Gasteiger charge is -2.47. The molecule has 4 aliphatic rings. The van der Waals surface area contributed by atoms with Crippen LogP contribution in [-0.2, 0) is 16.6 Å². The van der Waals surface area contributed by atoms with Crippen LogP contribution in [-0.4, -0.2) is 95.8 Å². The van der Waals surface area contributed by atoms with Gasteiger partial charge in [0.1, 0.15) is 10.2 Å². The SMILES string of the molecule is Cc1cc(N2CCC3(CCN(C(=O)c4ccc(C5CC(Nc6cnn(C)c(=O)c6Br)CN(C)C5)cc4)CC3)CC2)ccc1OC1CCC(=O)NC1=O. The first-order chi connectivity index (χ1) is 25.0. The van der Waals surface area contributed by atoms with Gasteiger partial charge in [-0.05, 0) is 115 Å². The molecule has 0 radical (unpaired) electrons. The largest absolute Gasteiger partial charge is 0.480 e. The van der Waals surface area contributed by atoms with Crippen LogP contribution in [0.15, 0.2) is 57.9 Å². The standard InChI is InChI=1S/C39H48BrN7O5/c1-25-20-30(8-9-32(25)52-33-10-11-34(48)43-36(33)49)46-16-12-39(13-17-46)14-18-47(19-15-39)37(50)27-6-4-26(5-7-27)28-21-29(24-44(2)23-28)42-31-22-41-45(3)38(51)35(31)40/h4-9,20,22,28-29,33,42H,10-19,21,23-24H2,1-3H3,(H,43,48,49). The monoisotopic (exact) mass is 773 g/mol. The van der Waals surface area contributed by atoms with Crippen LogP contribution in [0.4, 0.5) is 11.4 Å². The highest BCUT2D eigenvalue weighted by Gasteiger charge is 2.39. The van der Waals surface area contributed by atoms with Crippen molar-refractivity contribution in [3.63, 3.8) is 0 Å². The molecule has 0 bridgehead atoms. The van der Waals surface area contributed by atoms with Gasteiger partial charge in [-0.15, -0.1) is 0 Å². The molecule has 3 unspecified atom stereocenters. The van der Waals surface area contributed by atoms with Gasteiger partial charge in [0.2, 0.25) is 5.91 Å². The number of anilines is 2. The number of aromatic nitrogens is 2. The number of likely N-dealkylation sites (N-methyl/N-ethyl adjacent to an activating group) is 1. The highest BCUT2D eigenvalue weighted by molar-refractivity contribution is 9.10. The number of hydrogen-bond donors (Lipinski definition) is 2. The van der Waals surface area contributed by atoms with Crippen molar-refractivity contribution in [3.8, 4) is 5.75 Å². The summed E-state index contributed by atoms with van der Waals surface area (Å²) < 4.78 is 7.78. The summed E-state index contributed by atoms with van der Waals surface area (Å²) in [6.07, 6.45) is 6.87. The zero-order valence-corrected chi connectivity index (χ0v) is 31.8. The third-order valence-corrected chi connectivity index (χ3v) is 12.4. The Balaban J connectivity index is 0.897. The van der Waals surface area contributed by atoms with Gasteiger partial charge in [0.05, 0.1) is 11.9 Å². The number of halogens is 1. The van der Waals surface area contributed by atoms with Crippen molar-refractivity contribution in [1.82, 2.24) is 24.9 Å². The van der Waals surface area contributed by atoms with Crippen molar-refractivity contribution in [3.05, 3.63) is 80.2 Å². The van der Waals surface area contributed by atoms with E-state index in [2.05, 4.69) is 72.8 Å². The van der Waals surface area contributed by atoms with E-state index in [-0.39, 0.29) is 34.7 Å². The van der Waals surface area contributed by atoms with E-state index >= 15 is 0 Å². The van der Waals surface area contributed by atoms with Crippen molar-refractivity contribution in [1.29, 1.82) is 0 Å². The van der Waals surface area contributed by atoms with E-state index in [0.29, 0.717) is 34.7 Å². The molecule has 1 aromatic heterocycles. The maximum atomic E-state index is 13.6. The molecule has 3 atom stereocenters. The summed E-state index contributed by atoms with van der Waals surface area (Å²) in [7, 11) is 3.75. The summed E-state index contributed by atoms with van der Waals surface area (Å²) in [4.78, 5) is 56.4. The minimum absolute atomic E-state index is 0.109. The number of nitrogens with one attached hydrogen (secondary N) is 2. The van der Waals surface area contributed by atoms with E-state index in [0.717, 1.165) is 88.2 Å². The van der Waals surface area contributed by atoms with Gasteiger partial charge in [-0.25, -0.2) is 4.68 Å². The number of benzene rings is 2. The molecule has 4 aliphatic heterocycles. The second-order valence-corrected chi connectivity index (χ2v) is 16.0. The number of piperidine rings is 4. The number of ether oxygens (including phenoxy) is 1. The Kier molecular flexibility index (Phi) is 10.4. The fourth-order valence-electron chi connectivity index (χ4n) is 8.40. The van der Waals surface area contributed by atoms with Gasteiger partial charge in [-0.1, -0.05) is 12.1 Å². The normalized spacial score (nSPS) is 23.7. The molecule has 2 aromatic carbocycles. The second kappa shape index (κ2) is 15.0. The maximum Gasteiger partial charge on any atom is 0.282 e. The molecule has 4 saturated heterocycles. The zero-order chi connectivity index (χ0) is 36.6. The molecule has 3 amide bonds. The number of amides is 3. The van der Waals surface area contributed by atoms with Crippen molar-refractivity contribution < 1.29 is 19.1 Å². The Bertz CT molecular complexity index is 1880. The fourth-order valence-corrected chi connectivity index (χ4v) is 8.88. The first-order valence-corrected chi connectivity index (χ1v) is 19.2. The van der Waals surface area contributed by atoms with Crippen LogP contribution in [0.5, 0.6) is 5.75 Å². The van der Waals surface area contributed by atoms with Crippen molar-refractivity contribution in [2.24, 2.45) is 12.5 Å². The summed E-state index contributed by atoms with van der Waals surface area (Å²) in [6, 6.07) is 14.5. The minimum Gasteiger partial charge on any atom is -0.480 e. The first kappa shape index (κ1) is 36.1. The van der Waals surface area contributed by atoms with Crippen molar-refractivity contribution >= 4 is 45.0 Å². The lowest BCUT2D eigenvalue weighted by Crippen LogP contribution is -2.48. The summed E-state index contributed by atoms with van der Waals surface area (Å²) >= 11 is 3.43. The van der Waals surface area contributed by atoms with Crippen LogP contribution < -0.4 is 25.8 Å². The molecule has 0 aliphatic carbocycles. The third-order valence-electron chi connectivity index (χ3n) is 11.6. The van der Waals surface area contributed by atoms with Crippen LogP contribution in [0.2, 0.25) is 0 Å². The average Bonchev–Trinajstić information content (AvgIpc) is 3.14.